The number of Topliss-reactive ketones (excluding diaryl/α,β-unsaturated/α-hetero) is 2. The third-order valence-electron chi connectivity index (χ3n) is 5.49. The summed E-state index contributed by atoms with van der Waals surface area (Å²) >= 11 is 0. The minimum Gasteiger partial charge on any atom is -0.294 e. The van der Waals surface area contributed by atoms with E-state index in [1.807, 2.05) is 60.7 Å². The van der Waals surface area contributed by atoms with Crippen LogP contribution in [-0.2, 0) is 9.59 Å². The van der Waals surface area contributed by atoms with Crippen molar-refractivity contribution in [3.05, 3.63) is 119 Å². The Balaban J connectivity index is 1.85. The molecule has 0 atom stereocenters. The van der Waals surface area contributed by atoms with Crippen LogP contribution in [0.2, 0.25) is 0 Å². The molecule has 0 N–H and O–H groups in total. The van der Waals surface area contributed by atoms with Crippen molar-refractivity contribution in [3.63, 3.8) is 0 Å². The fourth-order valence-corrected chi connectivity index (χ4v) is 3.78. The van der Waals surface area contributed by atoms with Crippen molar-refractivity contribution in [2.75, 3.05) is 0 Å². The third kappa shape index (κ3) is 4.40. The molecule has 4 rings (SSSR count). The summed E-state index contributed by atoms with van der Waals surface area (Å²) in [6.45, 7) is 0. The van der Waals surface area contributed by atoms with Gasteiger partial charge in [0, 0.05) is 22.3 Å². The number of carbonyl (C=O) groups is 5. The van der Waals surface area contributed by atoms with Crippen LogP contribution in [0.15, 0.2) is 97.1 Å². The van der Waals surface area contributed by atoms with Crippen LogP contribution in [0.3, 0.4) is 0 Å². The Morgan fingerprint density at radius 3 is 1.18 bits per heavy atom. The summed E-state index contributed by atoms with van der Waals surface area (Å²) in [6.07, 6.45) is 0.299. The molecule has 0 radical (unpaired) electrons. The van der Waals surface area contributed by atoms with E-state index >= 15 is 0 Å². The average Bonchev–Trinajstić information content (AvgIpc) is 2.92. The molecule has 4 aromatic carbocycles. The highest BCUT2D eigenvalue weighted by atomic mass is 16.2. The van der Waals surface area contributed by atoms with Crippen molar-refractivity contribution >= 4 is 29.9 Å². The van der Waals surface area contributed by atoms with Gasteiger partial charge < -0.3 is 0 Å². The zero-order valence-corrected chi connectivity index (χ0v) is 17.9. The molecule has 0 saturated carbocycles. The molecule has 0 bridgehead atoms. The van der Waals surface area contributed by atoms with Crippen molar-refractivity contribution < 1.29 is 24.0 Å². The summed E-state index contributed by atoms with van der Waals surface area (Å²) in [5, 5.41) is 0. The molecule has 164 valence electrons. The van der Waals surface area contributed by atoms with E-state index < -0.39 is 17.3 Å². The van der Waals surface area contributed by atoms with E-state index in [1.165, 1.54) is 24.3 Å². The van der Waals surface area contributed by atoms with Crippen molar-refractivity contribution in [2.45, 2.75) is 0 Å². The molecular weight excluding hydrogens is 428 g/mol. The number of hydrogen-bond donors (Lipinski definition) is 0. The van der Waals surface area contributed by atoms with Crippen LogP contribution < -0.4 is 0 Å². The van der Waals surface area contributed by atoms with Crippen LogP contribution in [0.4, 0.5) is 0 Å². The van der Waals surface area contributed by atoms with E-state index in [-0.39, 0.29) is 34.8 Å². The van der Waals surface area contributed by atoms with E-state index in [0.29, 0.717) is 11.1 Å². The normalized spacial score (nSPS) is 10.4. The Morgan fingerprint density at radius 2 is 0.824 bits per heavy atom. The van der Waals surface area contributed by atoms with Crippen molar-refractivity contribution in [1.29, 1.82) is 0 Å². The van der Waals surface area contributed by atoms with Gasteiger partial charge in [-0.3, -0.25) is 24.0 Å². The maximum atomic E-state index is 13.5. The number of benzene rings is 4. The SMILES string of the molecule is O=CC(=O)c1cc(-c2ccccc2)ccc1C(=O)c1ccc(-c2ccccc2)cc1C(=O)C=O. The third-order valence-corrected chi connectivity index (χ3v) is 5.49. The molecule has 0 unspecified atom stereocenters. The first-order valence-corrected chi connectivity index (χ1v) is 10.5. The van der Waals surface area contributed by atoms with Gasteiger partial charge in [0.1, 0.15) is 0 Å². The van der Waals surface area contributed by atoms with Gasteiger partial charge in [0.25, 0.3) is 0 Å². The van der Waals surface area contributed by atoms with Gasteiger partial charge in [0.15, 0.2) is 18.4 Å². The zero-order valence-electron chi connectivity index (χ0n) is 17.9. The molecule has 0 aliphatic heterocycles. The molecule has 0 heterocycles. The first kappa shape index (κ1) is 22.4. The fraction of sp³-hybridized carbons (Fsp3) is 0. The lowest BCUT2D eigenvalue weighted by molar-refractivity contribution is -0.105. The molecule has 0 aliphatic rings. The van der Waals surface area contributed by atoms with Gasteiger partial charge in [-0.05, 0) is 46.5 Å². The lowest BCUT2D eigenvalue weighted by Crippen LogP contribution is -2.15. The van der Waals surface area contributed by atoms with Crippen LogP contribution in [0.5, 0.6) is 0 Å². The molecule has 4 aromatic rings. The van der Waals surface area contributed by atoms with Crippen molar-refractivity contribution in [1.82, 2.24) is 0 Å². The first-order chi connectivity index (χ1) is 16.5. The second-order valence-corrected chi connectivity index (χ2v) is 7.55. The standard InChI is InChI=1S/C29H18O5/c30-17-27(32)25-15-21(19-7-3-1-4-8-19)11-13-23(25)29(34)24-14-12-22(16-26(24)28(33)18-31)20-9-5-2-6-10-20/h1-18H. The van der Waals surface area contributed by atoms with Crippen LogP contribution >= 0.6 is 0 Å². The largest absolute Gasteiger partial charge is 0.294 e. The van der Waals surface area contributed by atoms with Crippen LogP contribution in [0, 0.1) is 0 Å². The molecule has 0 fully saturated rings. The highest BCUT2D eigenvalue weighted by Crippen LogP contribution is 2.28. The molecular formula is C29H18O5. The maximum absolute atomic E-state index is 13.5. The smallest absolute Gasteiger partial charge is 0.226 e. The van der Waals surface area contributed by atoms with E-state index in [0.717, 1.165) is 11.1 Å². The van der Waals surface area contributed by atoms with E-state index in [1.54, 1.807) is 12.1 Å². The van der Waals surface area contributed by atoms with Gasteiger partial charge in [-0.2, -0.15) is 0 Å². The van der Waals surface area contributed by atoms with Crippen LogP contribution in [-0.4, -0.2) is 29.9 Å². The summed E-state index contributed by atoms with van der Waals surface area (Å²) in [4.78, 5) is 61.0. The summed E-state index contributed by atoms with van der Waals surface area (Å²) in [5.74, 6) is -2.34. The molecule has 5 heteroatoms. The summed E-state index contributed by atoms with van der Waals surface area (Å²) in [7, 11) is 0. The molecule has 0 saturated heterocycles. The van der Waals surface area contributed by atoms with E-state index in [4.69, 9.17) is 0 Å². The lowest BCUT2D eigenvalue weighted by Gasteiger charge is -2.12. The monoisotopic (exact) mass is 446 g/mol. The van der Waals surface area contributed by atoms with Gasteiger partial charge in [-0.25, -0.2) is 0 Å². The Morgan fingerprint density at radius 1 is 0.441 bits per heavy atom. The molecule has 34 heavy (non-hydrogen) atoms. The van der Waals surface area contributed by atoms with Gasteiger partial charge in [0.05, 0.1) is 0 Å². The minimum atomic E-state index is -0.856. The van der Waals surface area contributed by atoms with Gasteiger partial charge in [-0.1, -0.05) is 72.8 Å². The highest BCUT2D eigenvalue weighted by Gasteiger charge is 2.24. The molecule has 0 spiro atoms. The second-order valence-electron chi connectivity index (χ2n) is 7.55. The van der Waals surface area contributed by atoms with E-state index in [2.05, 4.69) is 0 Å². The number of aldehydes is 2. The Labute approximate surface area is 195 Å². The predicted octanol–water partition coefficient (Wildman–Crippen LogP) is 5.01. The molecule has 5 nitrogen and oxygen atoms in total. The number of carbonyl (C=O) groups excluding carboxylic acids is 5. The molecule has 0 amide bonds. The lowest BCUT2D eigenvalue weighted by atomic mass is 9.89. The summed E-state index contributed by atoms with van der Waals surface area (Å²) in [6, 6.07) is 27.6. The average molecular weight is 446 g/mol. The molecule has 0 aliphatic carbocycles. The van der Waals surface area contributed by atoms with Gasteiger partial charge >= 0.3 is 0 Å². The predicted molar refractivity (Wildman–Crippen MR) is 128 cm³/mol. The minimum absolute atomic E-state index is 0.0239. The Hall–Kier alpha value is -4.77. The summed E-state index contributed by atoms with van der Waals surface area (Å²) in [5.41, 5.74) is 2.75. The van der Waals surface area contributed by atoms with Gasteiger partial charge in [0.2, 0.25) is 11.6 Å². The zero-order chi connectivity index (χ0) is 24.1. The Kier molecular flexibility index (Phi) is 6.46. The van der Waals surface area contributed by atoms with Crippen LogP contribution in [0.25, 0.3) is 22.3 Å². The van der Waals surface area contributed by atoms with E-state index in [9.17, 15) is 24.0 Å². The quantitative estimate of drug-likeness (QED) is 0.216. The molecule has 0 aromatic heterocycles. The van der Waals surface area contributed by atoms with Crippen LogP contribution in [0.1, 0.15) is 36.6 Å². The number of hydrogen-bond acceptors (Lipinski definition) is 5. The summed E-state index contributed by atoms with van der Waals surface area (Å²) < 4.78 is 0. The number of rotatable bonds is 8. The Bertz CT molecular complexity index is 1310. The fourth-order valence-electron chi connectivity index (χ4n) is 3.78. The van der Waals surface area contributed by atoms with Gasteiger partial charge in [-0.15, -0.1) is 0 Å². The second kappa shape index (κ2) is 9.79. The van der Waals surface area contributed by atoms with Crippen molar-refractivity contribution in [3.8, 4) is 22.3 Å². The van der Waals surface area contributed by atoms with Crippen molar-refractivity contribution in [2.24, 2.45) is 0 Å². The maximum Gasteiger partial charge on any atom is 0.226 e. The first-order valence-electron chi connectivity index (χ1n) is 10.5. The number of ketones is 3. The topological polar surface area (TPSA) is 85.3 Å². The highest BCUT2D eigenvalue weighted by molar-refractivity contribution is 6.38.